The maximum absolute atomic E-state index is 11.0. The first kappa shape index (κ1) is 12.0. The average Bonchev–Trinajstić information content (AvgIpc) is 2.27. The van der Waals surface area contributed by atoms with Gasteiger partial charge in [0.1, 0.15) is 0 Å². The normalized spacial score (nSPS) is 11.0. The Morgan fingerprint density at radius 3 is 2.81 bits per heavy atom. The number of hydrogen-bond donors (Lipinski definition) is 2. The van der Waals surface area contributed by atoms with E-state index in [0.29, 0.717) is 18.0 Å². The Balaban J connectivity index is 2.71. The monoisotopic (exact) mass is 221 g/mol. The summed E-state index contributed by atoms with van der Waals surface area (Å²) in [6, 6.07) is 7.31. The van der Waals surface area contributed by atoms with Crippen LogP contribution in [0, 0.1) is 0 Å². The number of nitrogens with one attached hydrogen (secondary N) is 1. The van der Waals surface area contributed by atoms with Crippen LogP contribution in [0.3, 0.4) is 0 Å². The predicted octanol–water partition coefficient (Wildman–Crippen LogP) is 1.74. The molecular formula is C11H15N3O2. The summed E-state index contributed by atoms with van der Waals surface area (Å²) in [7, 11) is 0. The van der Waals surface area contributed by atoms with Crippen LogP contribution in [-0.4, -0.2) is 18.4 Å². The van der Waals surface area contributed by atoms with Gasteiger partial charge in [-0.15, -0.1) is 0 Å². The molecular weight excluding hydrogens is 206 g/mol. The van der Waals surface area contributed by atoms with Crippen molar-refractivity contribution in [3.63, 3.8) is 0 Å². The lowest BCUT2D eigenvalue weighted by atomic mass is 10.1. The van der Waals surface area contributed by atoms with Crippen LogP contribution in [0.5, 0.6) is 0 Å². The van der Waals surface area contributed by atoms with Crippen LogP contribution < -0.4 is 11.2 Å². The van der Waals surface area contributed by atoms with E-state index in [2.05, 4.69) is 15.3 Å². The second-order valence-corrected chi connectivity index (χ2v) is 3.12. The third kappa shape index (κ3) is 3.27. The van der Waals surface area contributed by atoms with Crippen LogP contribution in [0.15, 0.2) is 29.4 Å². The zero-order valence-electron chi connectivity index (χ0n) is 9.36. The highest BCUT2D eigenvalue weighted by Crippen LogP contribution is 2.11. The first-order valence-electron chi connectivity index (χ1n) is 4.97. The van der Waals surface area contributed by atoms with Crippen LogP contribution in [0.1, 0.15) is 19.4 Å². The molecule has 0 atom stereocenters. The molecule has 1 rings (SSSR count). The van der Waals surface area contributed by atoms with E-state index in [1.807, 2.05) is 18.2 Å². The lowest BCUT2D eigenvalue weighted by molar-refractivity contribution is 0.152. The molecule has 0 radical (unpaired) electrons. The molecule has 0 heterocycles. The van der Waals surface area contributed by atoms with Gasteiger partial charge in [0.05, 0.1) is 12.3 Å². The van der Waals surface area contributed by atoms with E-state index in [0.717, 1.165) is 5.56 Å². The molecule has 1 aromatic rings. The van der Waals surface area contributed by atoms with Gasteiger partial charge in [0.25, 0.3) is 0 Å². The highest BCUT2D eigenvalue weighted by Gasteiger charge is 2.03. The van der Waals surface area contributed by atoms with Crippen molar-refractivity contribution in [3.05, 3.63) is 29.8 Å². The molecule has 0 unspecified atom stereocenters. The molecule has 1 amide bonds. The average molecular weight is 221 g/mol. The number of rotatable bonds is 3. The van der Waals surface area contributed by atoms with Gasteiger partial charge >= 0.3 is 6.09 Å². The van der Waals surface area contributed by atoms with Crippen LogP contribution in [0.4, 0.5) is 10.5 Å². The maximum Gasteiger partial charge on any atom is 0.427 e. The van der Waals surface area contributed by atoms with E-state index in [1.54, 1.807) is 19.9 Å². The molecule has 5 heteroatoms. The van der Waals surface area contributed by atoms with Gasteiger partial charge in [-0.2, -0.15) is 5.10 Å². The Morgan fingerprint density at radius 1 is 1.50 bits per heavy atom. The number of carbonyl (C=O) groups excluding carboxylic acids is 1. The lowest BCUT2D eigenvalue weighted by Gasteiger charge is -2.05. The highest BCUT2D eigenvalue weighted by molar-refractivity contribution is 6.03. The summed E-state index contributed by atoms with van der Waals surface area (Å²) in [5.74, 6) is 0. The summed E-state index contributed by atoms with van der Waals surface area (Å²) >= 11 is 0. The molecule has 3 N–H and O–H groups in total. The van der Waals surface area contributed by atoms with Crippen LogP contribution in [0.25, 0.3) is 0 Å². The van der Waals surface area contributed by atoms with Crippen molar-refractivity contribution in [2.75, 3.05) is 12.3 Å². The zero-order valence-corrected chi connectivity index (χ0v) is 9.36. The largest absolute Gasteiger partial charge is 0.449 e. The van der Waals surface area contributed by atoms with Crippen molar-refractivity contribution in [3.8, 4) is 0 Å². The van der Waals surface area contributed by atoms with Crippen molar-refractivity contribution < 1.29 is 9.53 Å². The fourth-order valence-electron chi connectivity index (χ4n) is 1.18. The van der Waals surface area contributed by atoms with Gasteiger partial charge in [0.2, 0.25) is 0 Å². The Bertz CT molecular complexity index is 402. The van der Waals surface area contributed by atoms with E-state index in [9.17, 15) is 4.79 Å². The molecule has 16 heavy (non-hydrogen) atoms. The quantitative estimate of drug-likeness (QED) is 0.463. The van der Waals surface area contributed by atoms with E-state index >= 15 is 0 Å². The minimum absolute atomic E-state index is 0.313. The van der Waals surface area contributed by atoms with Gasteiger partial charge in [-0.05, 0) is 19.9 Å². The summed E-state index contributed by atoms with van der Waals surface area (Å²) < 4.78 is 4.67. The van der Waals surface area contributed by atoms with Gasteiger partial charge in [-0.25, -0.2) is 10.2 Å². The Kier molecular flexibility index (Phi) is 4.32. The number of hydrazone groups is 1. The number of anilines is 1. The lowest BCUT2D eigenvalue weighted by Crippen LogP contribution is -2.20. The number of nitrogens with two attached hydrogens (primary N) is 1. The van der Waals surface area contributed by atoms with Crippen molar-refractivity contribution in [2.45, 2.75) is 13.8 Å². The standard InChI is InChI=1S/C11H15N3O2/c1-3-16-11(15)14-13-8(2)9-6-4-5-7-10(9)12/h4-7H,3,12H2,1-2H3,(H,14,15)/b13-8+. The van der Waals surface area contributed by atoms with Gasteiger partial charge in [0.15, 0.2) is 0 Å². The molecule has 1 aromatic carbocycles. The second-order valence-electron chi connectivity index (χ2n) is 3.12. The molecule has 0 bridgehead atoms. The Morgan fingerprint density at radius 2 is 2.19 bits per heavy atom. The molecule has 0 aromatic heterocycles. The maximum atomic E-state index is 11.0. The topological polar surface area (TPSA) is 76.7 Å². The molecule has 0 saturated carbocycles. The van der Waals surface area contributed by atoms with E-state index in [1.165, 1.54) is 0 Å². The minimum atomic E-state index is -0.573. The molecule has 0 aliphatic rings. The summed E-state index contributed by atoms with van der Waals surface area (Å²) in [6.45, 7) is 3.80. The third-order valence-corrected chi connectivity index (χ3v) is 1.94. The first-order chi connectivity index (χ1) is 7.65. The van der Waals surface area contributed by atoms with Gasteiger partial charge in [-0.1, -0.05) is 18.2 Å². The number of benzene rings is 1. The van der Waals surface area contributed by atoms with Crippen LogP contribution in [0.2, 0.25) is 0 Å². The van der Waals surface area contributed by atoms with Crippen molar-refractivity contribution in [1.29, 1.82) is 0 Å². The fraction of sp³-hybridized carbons (Fsp3) is 0.273. The van der Waals surface area contributed by atoms with E-state index in [4.69, 9.17) is 5.73 Å². The number of nitrogen functional groups attached to an aromatic ring is 1. The molecule has 86 valence electrons. The Hall–Kier alpha value is -2.04. The fourth-order valence-corrected chi connectivity index (χ4v) is 1.18. The number of amides is 1. The third-order valence-electron chi connectivity index (χ3n) is 1.94. The van der Waals surface area contributed by atoms with Crippen LogP contribution in [-0.2, 0) is 4.74 Å². The van der Waals surface area contributed by atoms with Crippen molar-refractivity contribution >= 4 is 17.5 Å². The van der Waals surface area contributed by atoms with Crippen molar-refractivity contribution in [1.82, 2.24) is 5.43 Å². The summed E-state index contributed by atoms with van der Waals surface area (Å²) in [4.78, 5) is 11.0. The molecule has 0 aliphatic carbocycles. The highest BCUT2D eigenvalue weighted by atomic mass is 16.5. The van der Waals surface area contributed by atoms with Gasteiger partial charge in [0, 0.05) is 11.3 Å². The smallest absolute Gasteiger partial charge is 0.427 e. The summed E-state index contributed by atoms with van der Waals surface area (Å²) in [6.07, 6.45) is -0.573. The molecule has 0 saturated heterocycles. The first-order valence-corrected chi connectivity index (χ1v) is 4.97. The van der Waals surface area contributed by atoms with Crippen molar-refractivity contribution in [2.24, 2.45) is 5.10 Å². The van der Waals surface area contributed by atoms with Gasteiger partial charge < -0.3 is 10.5 Å². The second kappa shape index (κ2) is 5.75. The summed E-state index contributed by atoms with van der Waals surface area (Å²) in [5.41, 5.74) is 10.1. The number of hydrogen-bond acceptors (Lipinski definition) is 4. The number of para-hydroxylation sites is 1. The van der Waals surface area contributed by atoms with E-state index < -0.39 is 6.09 Å². The number of ether oxygens (including phenoxy) is 1. The molecule has 0 fully saturated rings. The number of carbonyl (C=O) groups is 1. The van der Waals surface area contributed by atoms with E-state index in [-0.39, 0.29) is 0 Å². The number of nitrogens with zero attached hydrogens (tertiary/aromatic N) is 1. The molecule has 5 nitrogen and oxygen atoms in total. The predicted molar refractivity (Wildman–Crippen MR) is 63.2 cm³/mol. The van der Waals surface area contributed by atoms with Gasteiger partial charge in [-0.3, -0.25) is 0 Å². The Labute approximate surface area is 94.3 Å². The molecule has 0 spiro atoms. The minimum Gasteiger partial charge on any atom is -0.449 e. The summed E-state index contributed by atoms with van der Waals surface area (Å²) in [5, 5.41) is 3.89. The zero-order chi connectivity index (χ0) is 12.0. The SMILES string of the molecule is CCOC(=O)N/N=C(\C)c1ccccc1N. The van der Waals surface area contributed by atoms with Crippen LogP contribution >= 0.6 is 0 Å². The molecule has 0 aliphatic heterocycles.